The summed E-state index contributed by atoms with van der Waals surface area (Å²) < 4.78 is 0. The van der Waals surface area contributed by atoms with E-state index >= 15 is 0 Å². The van der Waals surface area contributed by atoms with Crippen molar-refractivity contribution in [3.63, 3.8) is 0 Å². The first-order valence-corrected chi connectivity index (χ1v) is 7.37. The van der Waals surface area contributed by atoms with Gasteiger partial charge >= 0.3 is 12.0 Å². The Morgan fingerprint density at radius 1 is 1.33 bits per heavy atom. The summed E-state index contributed by atoms with van der Waals surface area (Å²) in [5, 5.41) is 11.6. The van der Waals surface area contributed by atoms with Gasteiger partial charge in [-0.15, -0.1) is 0 Å². The molecule has 1 atom stereocenters. The molecule has 106 valence electrons. The van der Waals surface area contributed by atoms with E-state index in [1.165, 1.54) is 4.90 Å². The number of aliphatic carboxylic acids is 1. The molecular weight excluding hydrogens is 252 g/mol. The van der Waals surface area contributed by atoms with E-state index in [4.69, 9.17) is 5.11 Å². The van der Waals surface area contributed by atoms with Crippen LogP contribution in [0.3, 0.4) is 0 Å². The van der Waals surface area contributed by atoms with Crippen molar-refractivity contribution in [1.82, 2.24) is 10.2 Å². The Morgan fingerprint density at radius 3 is 2.39 bits per heavy atom. The van der Waals surface area contributed by atoms with Gasteiger partial charge < -0.3 is 15.3 Å². The zero-order valence-electron chi connectivity index (χ0n) is 11.6. The Bertz CT molecular complexity index is 272. The van der Waals surface area contributed by atoms with Crippen LogP contribution in [0.2, 0.25) is 0 Å². The molecule has 0 aliphatic rings. The molecule has 1 unspecified atom stereocenters. The number of hydrogen-bond donors (Lipinski definition) is 2. The van der Waals surface area contributed by atoms with Gasteiger partial charge in [-0.05, 0) is 18.6 Å². The number of amides is 2. The molecule has 0 saturated heterocycles. The maximum Gasteiger partial charge on any atom is 0.323 e. The van der Waals surface area contributed by atoms with Crippen molar-refractivity contribution in [2.75, 3.05) is 24.6 Å². The quantitative estimate of drug-likeness (QED) is 0.710. The van der Waals surface area contributed by atoms with E-state index in [-0.39, 0.29) is 24.5 Å². The van der Waals surface area contributed by atoms with Gasteiger partial charge in [0.1, 0.15) is 6.54 Å². The molecular formula is C12H24N2O3S. The van der Waals surface area contributed by atoms with Crippen LogP contribution in [0.25, 0.3) is 0 Å². The van der Waals surface area contributed by atoms with Gasteiger partial charge in [0.05, 0.1) is 0 Å². The van der Waals surface area contributed by atoms with Crippen molar-refractivity contribution in [1.29, 1.82) is 0 Å². The molecule has 0 aromatic carbocycles. The minimum absolute atomic E-state index is 0.0471. The second-order valence-electron chi connectivity index (χ2n) is 4.68. The number of carboxylic acids is 1. The first-order chi connectivity index (χ1) is 8.36. The molecule has 0 aromatic rings. The lowest BCUT2D eigenvalue weighted by atomic mass is 10.2. The van der Waals surface area contributed by atoms with Gasteiger partial charge in [0.15, 0.2) is 0 Å². The zero-order valence-corrected chi connectivity index (χ0v) is 12.4. The normalized spacial score (nSPS) is 12.3. The van der Waals surface area contributed by atoms with Gasteiger partial charge in [0, 0.05) is 18.3 Å². The first-order valence-electron chi connectivity index (χ1n) is 6.21. The van der Waals surface area contributed by atoms with Gasteiger partial charge in [-0.1, -0.05) is 20.8 Å². The van der Waals surface area contributed by atoms with Crippen molar-refractivity contribution >= 4 is 23.8 Å². The number of nitrogens with zero attached hydrogens (tertiary/aromatic N) is 1. The van der Waals surface area contributed by atoms with Crippen LogP contribution in [-0.2, 0) is 4.79 Å². The molecule has 0 radical (unpaired) electrons. The van der Waals surface area contributed by atoms with E-state index in [0.717, 1.165) is 11.5 Å². The van der Waals surface area contributed by atoms with Crippen molar-refractivity contribution in [3.05, 3.63) is 0 Å². The molecule has 2 N–H and O–H groups in total. The second-order valence-corrected chi connectivity index (χ2v) is 6.00. The smallest absolute Gasteiger partial charge is 0.323 e. The summed E-state index contributed by atoms with van der Waals surface area (Å²) in [5.74, 6) is 1.10. The minimum atomic E-state index is -0.985. The average molecular weight is 276 g/mol. The summed E-state index contributed by atoms with van der Waals surface area (Å²) in [6.45, 7) is 8.10. The predicted octanol–water partition coefficient (Wildman–Crippen LogP) is 1.88. The molecule has 0 aliphatic heterocycles. The summed E-state index contributed by atoms with van der Waals surface area (Å²) in [4.78, 5) is 24.0. The van der Waals surface area contributed by atoms with E-state index < -0.39 is 5.97 Å². The monoisotopic (exact) mass is 276 g/mol. The molecule has 0 rings (SSSR count). The third-order valence-corrected chi connectivity index (χ3v) is 3.28. The molecule has 0 bridgehead atoms. The van der Waals surface area contributed by atoms with Crippen LogP contribution < -0.4 is 5.32 Å². The molecule has 0 fully saturated rings. The topological polar surface area (TPSA) is 69.6 Å². The van der Waals surface area contributed by atoms with Crippen molar-refractivity contribution in [2.45, 2.75) is 33.7 Å². The Morgan fingerprint density at radius 2 is 1.94 bits per heavy atom. The fraction of sp³-hybridized carbons (Fsp3) is 0.833. The average Bonchev–Trinajstić information content (AvgIpc) is 2.24. The standard InChI is InChI=1S/C12H24N2O3S/c1-5-18-8-10(4)13-12(17)14(6-9(2)3)7-11(15)16/h9-10H,5-8H2,1-4H3,(H,13,17)(H,15,16). The van der Waals surface area contributed by atoms with Gasteiger partial charge in [-0.2, -0.15) is 11.8 Å². The third kappa shape index (κ3) is 8.22. The van der Waals surface area contributed by atoms with E-state index in [1.54, 1.807) is 11.8 Å². The number of carbonyl (C=O) groups excluding carboxylic acids is 1. The van der Waals surface area contributed by atoms with E-state index in [0.29, 0.717) is 6.54 Å². The number of hydrogen-bond acceptors (Lipinski definition) is 3. The van der Waals surface area contributed by atoms with Crippen LogP contribution in [0, 0.1) is 5.92 Å². The molecule has 2 amide bonds. The van der Waals surface area contributed by atoms with Gasteiger partial charge in [-0.3, -0.25) is 4.79 Å². The number of carbonyl (C=O) groups is 2. The maximum absolute atomic E-state index is 11.9. The Kier molecular flexibility index (Phi) is 8.62. The Hall–Kier alpha value is -0.910. The molecule has 0 aromatic heterocycles. The number of rotatable bonds is 8. The molecule has 0 aliphatic carbocycles. The molecule has 0 heterocycles. The predicted molar refractivity (Wildman–Crippen MR) is 75.0 cm³/mol. The zero-order chi connectivity index (χ0) is 14.1. The van der Waals surface area contributed by atoms with Gasteiger partial charge in [0.2, 0.25) is 0 Å². The minimum Gasteiger partial charge on any atom is -0.480 e. The maximum atomic E-state index is 11.9. The fourth-order valence-electron chi connectivity index (χ4n) is 1.46. The van der Waals surface area contributed by atoms with Crippen LogP contribution in [0.15, 0.2) is 0 Å². The molecule has 6 heteroatoms. The van der Waals surface area contributed by atoms with Crippen LogP contribution in [-0.4, -0.2) is 52.6 Å². The number of nitrogens with one attached hydrogen (secondary N) is 1. The Labute approximate surface area is 113 Å². The lowest BCUT2D eigenvalue weighted by Crippen LogP contribution is -2.47. The SMILES string of the molecule is CCSCC(C)NC(=O)N(CC(=O)O)CC(C)C. The van der Waals surface area contributed by atoms with E-state index in [2.05, 4.69) is 12.2 Å². The van der Waals surface area contributed by atoms with Crippen molar-refractivity contribution < 1.29 is 14.7 Å². The van der Waals surface area contributed by atoms with Crippen LogP contribution in [0.5, 0.6) is 0 Å². The van der Waals surface area contributed by atoms with Crippen LogP contribution in [0.1, 0.15) is 27.7 Å². The summed E-state index contributed by atoms with van der Waals surface area (Å²) in [6.07, 6.45) is 0. The van der Waals surface area contributed by atoms with E-state index in [1.807, 2.05) is 20.8 Å². The highest BCUT2D eigenvalue weighted by Crippen LogP contribution is 2.03. The number of thioether (sulfide) groups is 1. The molecule has 0 spiro atoms. The lowest BCUT2D eigenvalue weighted by molar-refractivity contribution is -0.137. The summed E-state index contributed by atoms with van der Waals surface area (Å²) in [6, 6.07) is -0.249. The van der Waals surface area contributed by atoms with Crippen molar-refractivity contribution in [3.8, 4) is 0 Å². The Balaban J connectivity index is 4.31. The summed E-state index contributed by atoms with van der Waals surface area (Å²) >= 11 is 1.75. The van der Waals surface area contributed by atoms with Crippen molar-refractivity contribution in [2.24, 2.45) is 5.92 Å². The van der Waals surface area contributed by atoms with Gasteiger partial charge in [-0.25, -0.2) is 4.79 Å². The fourth-order valence-corrected chi connectivity index (χ4v) is 2.13. The summed E-state index contributed by atoms with van der Waals surface area (Å²) in [7, 11) is 0. The largest absolute Gasteiger partial charge is 0.480 e. The molecule has 0 saturated carbocycles. The second kappa shape index (κ2) is 9.08. The number of urea groups is 1. The van der Waals surface area contributed by atoms with Crippen LogP contribution in [0.4, 0.5) is 4.79 Å². The van der Waals surface area contributed by atoms with Crippen LogP contribution >= 0.6 is 11.8 Å². The van der Waals surface area contributed by atoms with E-state index in [9.17, 15) is 9.59 Å². The molecule has 18 heavy (non-hydrogen) atoms. The van der Waals surface area contributed by atoms with Gasteiger partial charge in [0.25, 0.3) is 0 Å². The highest BCUT2D eigenvalue weighted by atomic mass is 32.2. The highest BCUT2D eigenvalue weighted by Gasteiger charge is 2.19. The highest BCUT2D eigenvalue weighted by molar-refractivity contribution is 7.99. The first kappa shape index (κ1) is 17.1. The molecule has 5 nitrogen and oxygen atoms in total. The number of carboxylic acid groups (broad SMARTS) is 1. The lowest BCUT2D eigenvalue weighted by Gasteiger charge is -2.25. The third-order valence-electron chi connectivity index (χ3n) is 2.14. The summed E-state index contributed by atoms with van der Waals surface area (Å²) in [5.41, 5.74) is 0.